The lowest BCUT2D eigenvalue weighted by Crippen LogP contribution is -2.02. The van der Waals surface area contributed by atoms with E-state index in [4.69, 9.17) is 4.42 Å². The van der Waals surface area contributed by atoms with Crippen LogP contribution in [0.3, 0.4) is 0 Å². The summed E-state index contributed by atoms with van der Waals surface area (Å²) in [5.41, 5.74) is -0.890. The standard InChI is InChI=1S/C15H10O7.C6H10OS2/c16-7-4-10(19)12-11(5-7)22-15(14(21)13(12)20)6-1-2-8(17)9(18)3-6;1-3-5-8-9(7)6-4-2/h1-5,16-19,21H;3-4H,1-2,5-6H2. The Kier molecular flexibility index (Phi) is 8.31. The van der Waals surface area contributed by atoms with Crippen LogP contribution in [-0.4, -0.2) is 41.6 Å². The second-order valence-electron chi connectivity index (χ2n) is 5.98. The molecule has 10 heteroatoms. The molecule has 0 radical (unpaired) electrons. The zero-order valence-electron chi connectivity index (χ0n) is 16.1. The molecule has 0 saturated carbocycles. The highest BCUT2D eigenvalue weighted by Crippen LogP contribution is 2.37. The molecular weight excluding hydrogens is 444 g/mol. The van der Waals surface area contributed by atoms with Gasteiger partial charge in [0.15, 0.2) is 17.3 Å². The fraction of sp³-hybridized carbons (Fsp3) is 0.0952. The van der Waals surface area contributed by atoms with E-state index >= 15 is 0 Å². The fourth-order valence-corrected chi connectivity index (χ4v) is 4.26. The monoisotopic (exact) mass is 464 g/mol. The number of hydrogen-bond donors (Lipinski definition) is 5. The van der Waals surface area contributed by atoms with E-state index in [0.717, 1.165) is 30.0 Å². The van der Waals surface area contributed by atoms with E-state index in [1.165, 1.54) is 16.9 Å². The van der Waals surface area contributed by atoms with Crippen LogP contribution in [0.5, 0.6) is 28.7 Å². The van der Waals surface area contributed by atoms with Crippen molar-refractivity contribution in [3.63, 3.8) is 0 Å². The van der Waals surface area contributed by atoms with Crippen molar-refractivity contribution < 1.29 is 34.5 Å². The van der Waals surface area contributed by atoms with Gasteiger partial charge in [-0.3, -0.25) is 4.79 Å². The second kappa shape index (κ2) is 10.7. The minimum absolute atomic E-state index is 0.134. The topological polar surface area (TPSA) is 154 Å². The highest BCUT2D eigenvalue weighted by Gasteiger charge is 2.19. The summed E-state index contributed by atoms with van der Waals surface area (Å²) in [4.78, 5) is 12.1. The summed E-state index contributed by atoms with van der Waals surface area (Å²) in [6, 6.07) is 5.64. The molecule has 0 bridgehead atoms. The SMILES string of the molecule is C=CCS[S+]([O-])CC=C.O=c1c(O)c(-c2ccc(O)c(O)c2)oc2cc(O)cc(O)c12. The quantitative estimate of drug-likeness (QED) is 0.159. The highest BCUT2D eigenvalue weighted by molar-refractivity contribution is 8.72. The van der Waals surface area contributed by atoms with Gasteiger partial charge in [0.1, 0.15) is 28.2 Å². The van der Waals surface area contributed by atoms with Crippen molar-refractivity contribution in [2.75, 3.05) is 11.5 Å². The first kappa shape index (κ1) is 24.1. The second-order valence-corrected chi connectivity index (χ2v) is 9.32. The first-order valence-electron chi connectivity index (χ1n) is 8.67. The van der Waals surface area contributed by atoms with Crippen molar-refractivity contribution >= 4 is 32.0 Å². The lowest BCUT2D eigenvalue weighted by Gasteiger charge is -2.08. The highest BCUT2D eigenvalue weighted by atomic mass is 33.1. The first-order valence-corrected chi connectivity index (χ1v) is 11.5. The van der Waals surface area contributed by atoms with Gasteiger partial charge in [-0.15, -0.1) is 6.58 Å². The Bertz CT molecular complexity index is 1160. The van der Waals surface area contributed by atoms with E-state index in [-0.39, 0.29) is 33.8 Å². The normalized spacial score (nSPS) is 11.4. The average molecular weight is 465 g/mol. The predicted molar refractivity (Wildman–Crippen MR) is 122 cm³/mol. The van der Waals surface area contributed by atoms with E-state index < -0.39 is 32.9 Å². The number of phenols is 4. The van der Waals surface area contributed by atoms with Crippen LogP contribution in [0.4, 0.5) is 0 Å². The fourth-order valence-electron chi connectivity index (χ4n) is 2.40. The molecule has 2 aromatic carbocycles. The summed E-state index contributed by atoms with van der Waals surface area (Å²) >= 11 is 0. The summed E-state index contributed by atoms with van der Waals surface area (Å²) in [5, 5.41) is 47.6. The molecule has 1 aromatic heterocycles. The summed E-state index contributed by atoms with van der Waals surface area (Å²) < 4.78 is 16.1. The van der Waals surface area contributed by atoms with Gasteiger partial charge in [-0.05, 0) is 24.3 Å². The van der Waals surface area contributed by atoms with Gasteiger partial charge in [-0.1, -0.05) is 12.7 Å². The number of phenolic OH excluding ortho intramolecular Hbond substituents is 4. The summed E-state index contributed by atoms with van der Waals surface area (Å²) in [6.07, 6.45) is 3.40. The number of benzene rings is 2. The van der Waals surface area contributed by atoms with Gasteiger partial charge in [0.25, 0.3) is 0 Å². The molecule has 0 amide bonds. The maximum atomic E-state index is 12.1. The van der Waals surface area contributed by atoms with Crippen molar-refractivity contribution in [3.05, 3.63) is 65.9 Å². The van der Waals surface area contributed by atoms with Crippen LogP contribution in [0.25, 0.3) is 22.3 Å². The molecule has 3 aromatic rings. The van der Waals surface area contributed by atoms with Gasteiger partial charge in [-0.25, -0.2) is 0 Å². The molecule has 0 saturated heterocycles. The Morgan fingerprint density at radius 1 is 1.00 bits per heavy atom. The number of fused-ring (bicyclic) bond motifs is 1. The van der Waals surface area contributed by atoms with Crippen molar-refractivity contribution in [2.45, 2.75) is 0 Å². The largest absolute Gasteiger partial charge is 0.605 e. The summed E-state index contributed by atoms with van der Waals surface area (Å²) in [5.74, 6) is -1.40. The van der Waals surface area contributed by atoms with Gasteiger partial charge in [-0.2, -0.15) is 0 Å². The molecule has 0 fully saturated rings. The molecule has 3 rings (SSSR count). The molecule has 0 aliphatic rings. The van der Waals surface area contributed by atoms with Crippen LogP contribution < -0.4 is 5.43 Å². The smallest absolute Gasteiger partial charge is 0.238 e. The minimum atomic E-state index is -0.888. The number of hydrogen-bond acceptors (Lipinski definition) is 9. The molecular formula is C21H20O8S2. The molecule has 0 aliphatic heterocycles. The predicted octanol–water partition coefficient (Wildman–Crippen LogP) is 3.74. The molecule has 0 aliphatic carbocycles. The van der Waals surface area contributed by atoms with Crippen LogP contribution >= 0.6 is 10.8 Å². The molecule has 5 N–H and O–H groups in total. The summed E-state index contributed by atoms with van der Waals surface area (Å²) in [7, 11) is 0.591. The van der Waals surface area contributed by atoms with Crippen LogP contribution in [-0.2, 0) is 10.2 Å². The van der Waals surface area contributed by atoms with Crippen LogP contribution in [0.15, 0.2) is 64.9 Å². The van der Waals surface area contributed by atoms with E-state index in [1.54, 1.807) is 12.2 Å². The van der Waals surface area contributed by atoms with Gasteiger partial charge < -0.3 is 34.5 Å². The van der Waals surface area contributed by atoms with E-state index in [0.29, 0.717) is 5.75 Å². The Labute approximate surface area is 184 Å². The number of rotatable bonds is 6. The van der Waals surface area contributed by atoms with Gasteiger partial charge >= 0.3 is 0 Å². The third-order valence-electron chi connectivity index (χ3n) is 3.74. The molecule has 164 valence electrons. The molecule has 31 heavy (non-hydrogen) atoms. The van der Waals surface area contributed by atoms with Crippen molar-refractivity contribution in [1.29, 1.82) is 0 Å². The summed E-state index contributed by atoms with van der Waals surface area (Å²) in [6.45, 7) is 6.99. The Morgan fingerprint density at radius 2 is 1.71 bits per heavy atom. The Balaban J connectivity index is 0.000000323. The van der Waals surface area contributed by atoms with Gasteiger partial charge in [0, 0.05) is 27.9 Å². The van der Waals surface area contributed by atoms with Crippen molar-refractivity contribution in [2.24, 2.45) is 0 Å². The zero-order valence-corrected chi connectivity index (χ0v) is 17.8. The molecule has 0 spiro atoms. The van der Waals surface area contributed by atoms with Gasteiger partial charge in [0.2, 0.25) is 11.2 Å². The van der Waals surface area contributed by atoms with Crippen LogP contribution in [0.1, 0.15) is 0 Å². The zero-order chi connectivity index (χ0) is 23.1. The molecule has 1 unspecified atom stereocenters. The molecule has 8 nitrogen and oxygen atoms in total. The van der Waals surface area contributed by atoms with Crippen molar-refractivity contribution in [3.8, 4) is 40.1 Å². The third-order valence-corrected chi connectivity index (χ3v) is 6.49. The van der Waals surface area contributed by atoms with E-state index in [1.807, 2.05) is 0 Å². The first-order chi connectivity index (χ1) is 14.7. The van der Waals surface area contributed by atoms with Crippen molar-refractivity contribution in [1.82, 2.24) is 0 Å². The van der Waals surface area contributed by atoms with Gasteiger partial charge in [0.05, 0.1) is 16.5 Å². The Morgan fingerprint density at radius 3 is 2.32 bits per heavy atom. The maximum Gasteiger partial charge on any atom is 0.238 e. The van der Waals surface area contributed by atoms with Crippen LogP contribution in [0, 0.1) is 0 Å². The minimum Gasteiger partial charge on any atom is -0.605 e. The lowest BCUT2D eigenvalue weighted by atomic mass is 10.1. The Hall–Kier alpha value is -3.21. The lowest BCUT2D eigenvalue weighted by molar-refractivity contribution is 0.403. The van der Waals surface area contributed by atoms with E-state index in [2.05, 4.69) is 13.2 Å². The van der Waals surface area contributed by atoms with Crippen LogP contribution in [0.2, 0.25) is 0 Å². The molecule has 1 heterocycles. The maximum absolute atomic E-state index is 12.1. The third kappa shape index (κ3) is 5.91. The van der Waals surface area contributed by atoms with E-state index in [9.17, 15) is 34.9 Å². The molecule has 1 atom stereocenters. The number of aromatic hydroxyl groups is 5. The average Bonchev–Trinajstić information content (AvgIpc) is 2.71.